The van der Waals surface area contributed by atoms with Crippen molar-refractivity contribution in [2.45, 2.75) is 40.5 Å². The Kier molecular flexibility index (Phi) is 7.71. The highest BCUT2D eigenvalue weighted by atomic mass is 16.4. The lowest BCUT2D eigenvalue weighted by molar-refractivity contribution is -0.149. The van der Waals surface area contributed by atoms with Gasteiger partial charge in [-0.15, -0.1) is 0 Å². The molecule has 0 heterocycles. The molecule has 0 aromatic heterocycles. The maximum Gasteiger partial charge on any atom is 0.314 e. The fraction of sp³-hybridized carbons (Fsp3) is 0.867. The number of aliphatic carboxylic acids is 1. The Morgan fingerprint density at radius 2 is 1.52 bits per heavy atom. The van der Waals surface area contributed by atoms with Crippen LogP contribution in [0.2, 0.25) is 0 Å². The van der Waals surface area contributed by atoms with Gasteiger partial charge >= 0.3 is 12.0 Å². The van der Waals surface area contributed by atoms with Crippen molar-refractivity contribution in [3.63, 3.8) is 0 Å². The molecule has 0 fully saturated rings. The van der Waals surface area contributed by atoms with Crippen LogP contribution < -0.4 is 10.6 Å². The fourth-order valence-corrected chi connectivity index (χ4v) is 2.42. The van der Waals surface area contributed by atoms with Crippen molar-refractivity contribution < 1.29 is 14.7 Å². The van der Waals surface area contributed by atoms with E-state index >= 15 is 0 Å². The SMILES string of the molecule is CCC(CC)(CNC(=O)NCC(C)(C)CN(C)C)C(=O)O. The summed E-state index contributed by atoms with van der Waals surface area (Å²) in [5, 5.41) is 14.8. The Hall–Kier alpha value is -1.30. The van der Waals surface area contributed by atoms with Gasteiger partial charge in [-0.1, -0.05) is 27.7 Å². The van der Waals surface area contributed by atoms with Crippen LogP contribution in [0.3, 0.4) is 0 Å². The predicted octanol–water partition coefficient (Wildman–Crippen LogP) is 1.76. The van der Waals surface area contributed by atoms with Gasteiger partial charge < -0.3 is 20.6 Å². The number of rotatable bonds is 9. The zero-order valence-electron chi connectivity index (χ0n) is 14.2. The molecule has 6 heteroatoms. The van der Waals surface area contributed by atoms with Crippen molar-refractivity contribution in [3.05, 3.63) is 0 Å². The summed E-state index contributed by atoms with van der Waals surface area (Å²) in [5.74, 6) is -0.860. The molecule has 0 bridgehead atoms. The van der Waals surface area contributed by atoms with Crippen LogP contribution in [0.1, 0.15) is 40.5 Å². The monoisotopic (exact) mass is 301 g/mol. The molecule has 3 N–H and O–H groups in total. The second-order valence-corrected chi connectivity index (χ2v) is 6.73. The molecule has 0 aliphatic heterocycles. The molecule has 0 spiro atoms. The number of carboxylic acid groups (broad SMARTS) is 1. The molecular formula is C15H31N3O3. The van der Waals surface area contributed by atoms with Crippen molar-refractivity contribution in [2.24, 2.45) is 10.8 Å². The fourth-order valence-electron chi connectivity index (χ4n) is 2.42. The van der Waals surface area contributed by atoms with Crippen LogP contribution >= 0.6 is 0 Å². The van der Waals surface area contributed by atoms with E-state index in [0.717, 1.165) is 6.54 Å². The maximum atomic E-state index is 11.8. The molecule has 0 unspecified atom stereocenters. The molecule has 0 saturated heterocycles. The van der Waals surface area contributed by atoms with Crippen molar-refractivity contribution in [3.8, 4) is 0 Å². The number of carbonyl (C=O) groups excluding carboxylic acids is 1. The zero-order chi connectivity index (χ0) is 16.7. The molecule has 6 nitrogen and oxygen atoms in total. The van der Waals surface area contributed by atoms with Crippen LogP contribution in [0, 0.1) is 10.8 Å². The number of nitrogens with one attached hydrogen (secondary N) is 2. The quantitative estimate of drug-likeness (QED) is 0.606. The predicted molar refractivity (Wildman–Crippen MR) is 84.4 cm³/mol. The summed E-state index contributed by atoms with van der Waals surface area (Å²) in [6.07, 6.45) is 0.983. The van der Waals surface area contributed by atoms with E-state index in [-0.39, 0.29) is 18.0 Å². The van der Waals surface area contributed by atoms with E-state index in [1.165, 1.54) is 0 Å². The van der Waals surface area contributed by atoms with Gasteiger partial charge in [-0.3, -0.25) is 4.79 Å². The highest BCUT2D eigenvalue weighted by Gasteiger charge is 2.35. The summed E-state index contributed by atoms with van der Waals surface area (Å²) in [6.45, 7) is 9.36. The van der Waals surface area contributed by atoms with Gasteiger partial charge in [0, 0.05) is 19.6 Å². The van der Waals surface area contributed by atoms with Gasteiger partial charge in [0.25, 0.3) is 0 Å². The van der Waals surface area contributed by atoms with Gasteiger partial charge in [-0.25, -0.2) is 4.79 Å². The van der Waals surface area contributed by atoms with Crippen LogP contribution in [0.4, 0.5) is 4.79 Å². The molecule has 21 heavy (non-hydrogen) atoms. The largest absolute Gasteiger partial charge is 0.481 e. The summed E-state index contributed by atoms with van der Waals surface area (Å²) in [4.78, 5) is 25.3. The lowest BCUT2D eigenvalue weighted by Crippen LogP contribution is -2.48. The second kappa shape index (κ2) is 8.22. The smallest absolute Gasteiger partial charge is 0.314 e. The van der Waals surface area contributed by atoms with E-state index in [1.54, 1.807) is 0 Å². The molecule has 2 amide bonds. The summed E-state index contributed by atoms with van der Waals surface area (Å²) >= 11 is 0. The third-order valence-electron chi connectivity index (χ3n) is 3.87. The zero-order valence-corrected chi connectivity index (χ0v) is 14.2. The Morgan fingerprint density at radius 3 is 1.90 bits per heavy atom. The molecule has 0 aromatic rings. The number of carboxylic acids is 1. The van der Waals surface area contributed by atoms with Crippen LogP contribution in [0.5, 0.6) is 0 Å². The Balaban J connectivity index is 4.36. The number of hydrogen-bond acceptors (Lipinski definition) is 3. The first-order valence-corrected chi connectivity index (χ1v) is 7.48. The number of hydrogen-bond donors (Lipinski definition) is 3. The van der Waals surface area contributed by atoms with Gasteiger partial charge in [-0.05, 0) is 32.4 Å². The summed E-state index contributed by atoms with van der Waals surface area (Å²) < 4.78 is 0. The van der Waals surface area contributed by atoms with Crippen molar-refractivity contribution in [1.82, 2.24) is 15.5 Å². The molecular weight excluding hydrogens is 270 g/mol. The highest BCUT2D eigenvalue weighted by Crippen LogP contribution is 2.25. The lowest BCUT2D eigenvalue weighted by Gasteiger charge is -2.29. The second-order valence-electron chi connectivity index (χ2n) is 6.73. The van der Waals surface area contributed by atoms with E-state index in [9.17, 15) is 14.7 Å². The van der Waals surface area contributed by atoms with Gasteiger partial charge in [0.05, 0.1) is 5.41 Å². The maximum absolute atomic E-state index is 11.8. The van der Waals surface area contributed by atoms with Gasteiger partial charge in [-0.2, -0.15) is 0 Å². The van der Waals surface area contributed by atoms with Crippen molar-refractivity contribution >= 4 is 12.0 Å². The molecule has 0 aliphatic carbocycles. The topological polar surface area (TPSA) is 81.7 Å². The molecule has 0 radical (unpaired) electrons. The van der Waals surface area contributed by atoms with Crippen LogP contribution in [-0.2, 0) is 4.79 Å². The standard InChI is InChI=1S/C15H31N3O3/c1-7-15(8-2,12(19)20)10-17-13(21)16-9-14(3,4)11-18(5)6/h7-11H2,1-6H3,(H,19,20)(H2,16,17,21). The Bertz CT molecular complexity index is 350. The Labute approximate surface area is 128 Å². The van der Waals surface area contributed by atoms with E-state index in [2.05, 4.69) is 29.4 Å². The first kappa shape index (κ1) is 19.7. The first-order chi connectivity index (χ1) is 9.58. The third-order valence-corrected chi connectivity index (χ3v) is 3.87. The molecule has 0 aromatic carbocycles. The van der Waals surface area contributed by atoms with E-state index in [4.69, 9.17) is 0 Å². The molecule has 124 valence electrons. The molecule has 0 aliphatic rings. The summed E-state index contributed by atoms with van der Waals surface area (Å²) in [5.41, 5.74) is -0.920. The minimum Gasteiger partial charge on any atom is -0.481 e. The third kappa shape index (κ3) is 6.80. The summed E-state index contributed by atoms with van der Waals surface area (Å²) in [7, 11) is 3.98. The minimum absolute atomic E-state index is 0.0414. The van der Waals surface area contributed by atoms with Gasteiger partial charge in [0.1, 0.15) is 0 Å². The molecule has 0 rings (SSSR count). The number of urea groups is 1. The van der Waals surface area contributed by atoms with Crippen molar-refractivity contribution in [2.75, 3.05) is 33.7 Å². The minimum atomic E-state index is -0.878. The van der Waals surface area contributed by atoms with Crippen LogP contribution in [-0.4, -0.2) is 55.7 Å². The van der Waals surface area contributed by atoms with Gasteiger partial charge in [0.2, 0.25) is 0 Å². The van der Waals surface area contributed by atoms with E-state index < -0.39 is 11.4 Å². The number of amides is 2. The van der Waals surface area contributed by atoms with Gasteiger partial charge in [0.15, 0.2) is 0 Å². The average molecular weight is 301 g/mol. The Morgan fingerprint density at radius 1 is 1.05 bits per heavy atom. The van der Waals surface area contributed by atoms with E-state index in [0.29, 0.717) is 19.4 Å². The number of carbonyl (C=O) groups is 2. The van der Waals surface area contributed by atoms with Crippen LogP contribution in [0.25, 0.3) is 0 Å². The summed E-state index contributed by atoms with van der Waals surface area (Å²) in [6, 6.07) is -0.311. The number of nitrogens with zero attached hydrogens (tertiary/aromatic N) is 1. The normalized spacial score (nSPS) is 12.3. The molecule has 0 atom stereocenters. The van der Waals surface area contributed by atoms with E-state index in [1.807, 2.05) is 27.9 Å². The average Bonchev–Trinajstić information content (AvgIpc) is 2.36. The molecule has 0 saturated carbocycles. The first-order valence-electron chi connectivity index (χ1n) is 7.48. The van der Waals surface area contributed by atoms with Crippen molar-refractivity contribution in [1.29, 1.82) is 0 Å². The lowest BCUT2D eigenvalue weighted by atomic mass is 9.82. The van der Waals surface area contributed by atoms with Crippen LogP contribution in [0.15, 0.2) is 0 Å². The highest BCUT2D eigenvalue weighted by molar-refractivity contribution is 5.78.